The van der Waals surface area contributed by atoms with Crippen molar-refractivity contribution in [1.82, 2.24) is 0 Å². The fourth-order valence-electron chi connectivity index (χ4n) is 1.76. The van der Waals surface area contributed by atoms with Gasteiger partial charge >= 0.3 is 0 Å². The zero-order chi connectivity index (χ0) is 12.3. The summed E-state index contributed by atoms with van der Waals surface area (Å²) in [7, 11) is 0. The summed E-state index contributed by atoms with van der Waals surface area (Å²) >= 11 is 0. The summed E-state index contributed by atoms with van der Waals surface area (Å²) in [5, 5.41) is 0. The second kappa shape index (κ2) is 8.74. The highest BCUT2D eigenvalue weighted by molar-refractivity contribution is 5.91. The lowest BCUT2D eigenvalue weighted by atomic mass is 10.1. The maximum atomic E-state index is 11.6. The molecule has 0 heterocycles. The molecule has 0 aromatic heterocycles. The third kappa shape index (κ3) is 7.51. The van der Waals surface area contributed by atoms with Gasteiger partial charge in [-0.3, -0.25) is 4.79 Å². The van der Waals surface area contributed by atoms with Gasteiger partial charge in [0, 0.05) is 6.42 Å². The molecule has 0 amide bonds. The number of allylic oxidation sites excluding steroid dienone is 8. The Labute approximate surface area is 105 Å². The van der Waals surface area contributed by atoms with Crippen molar-refractivity contribution in [2.24, 2.45) is 0 Å². The molecule has 0 aromatic rings. The number of carbonyl (C=O) groups excluding carboxylic acids is 1. The first kappa shape index (κ1) is 13.7. The van der Waals surface area contributed by atoms with E-state index < -0.39 is 0 Å². The average Bonchev–Trinajstić information content (AvgIpc) is 2.30. The SMILES string of the molecule is C/C1=C\C(=O)C/C=C/CC/C=C\C=C\CCC1. The number of hydrogen-bond acceptors (Lipinski definition) is 1. The van der Waals surface area contributed by atoms with Gasteiger partial charge < -0.3 is 0 Å². The minimum atomic E-state index is 0.222. The molecular weight excluding hydrogens is 208 g/mol. The van der Waals surface area contributed by atoms with Crippen LogP contribution in [0.15, 0.2) is 48.1 Å². The number of rotatable bonds is 0. The van der Waals surface area contributed by atoms with Crippen molar-refractivity contribution in [2.45, 2.75) is 45.4 Å². The van der Waals surface area contributed by atoms with Gasteiger partial charge in [0.2, 0.25) is 0 Å². The van der Waals surface area contributed by atoms with Crippen molar-refractivity contribution in [2.75, 3.05) is 0 Å². The quantitative estimate of drug-likeness (QED) is 0.559. The summed E-state index contributed by atoms with van der Waals surface area (Å²) in [6.45, 7) is 2.04. The van der Waals surface area contributed by atoms with E-state index in [1.807, 2.05) is 13.0 Å². The Morgan fingerprint density at radius 3 is 2.47 bits per heavy atom. The van der Waals surface area contributed by atoms with Gasteiger partial charge in [-0.2, -0.15) is 0 Å². The zero-order valence-electron chi connectivity index (χ0n) is 10.7. The molecule has 0 fully saturated rings. The molecule has 0 aromatic carbocycles. The van der Waals surface area contributed by atoms with E-state index >= 15 is 0 Å². The van der Waals surface area contributed by atoms with Crippen LogP contribution in [0.5, 0.6) is 0 Å². The summed E-state index contributed by atoms with van der Waals surface area (Å²) in [5.74, 6) is 0.222. The lowest BCUT2D eigenvalue weighted by molar-refractivity contribution is -0.113. The highest BCUT2D eigenvalue weighted by Crippen LogP contribution is 2.08. The van der Waals surface area contributed by atoms with Gasteiger partial charge in [-0.1, -0.05) is 42.0 Å². The Balaban J connectivity index is 2.55. The van der Waals surface area contributed by atoms with Gasteiger partial charge in [0.1, 0.15) is 0 Å². The minimum Gasteiger partial charge on any atom is -0.295 e. The summed E-state index contributed by atoms with van der Waals surface area (Å²) in [6, 6.07) is 0. The van der Waals surface area contributed by atoms with Gasteiger partial charge in [0.25, 0.3) is 0 Å². The van der Waals surface area contributed by atoms with E-state index in [4.69, 9.17) is 0 Å². The van der Waals surface area contributed by atoms with Crippen LogP contribution in [0.3, 0.4) is 0 Å². The summed E-state index contributed by atoms with van der Waals surface area (Å²) in [5.41, 5.74) is 1.20. The summed E-state index contributed by atoms with van der Waals surface area (Å²) in [6.07, 6.45) is 20.3. The van der Waals surface area contributed by atoms with Crippen LogP contribution >= 0.6 is 0 Å². The molecule has 0 saturated carbocycles. The standard InChI is InChI=1S/C16H22O/c1-15-12-10-8-6-4-2-3-5-7-9-11-13-16(17)14-15/h2-4,6,9,11,14H,5,7-8,10,12-13H2,1H3/b3-2-,6-4+,11-9+,15-14+. The zero-order valence-corrected chi connectivity index (χ0v) is 10.7. The molecule has 0 N–H and O–H groups in total. The van der Waals surface area contributed by atoms with E-state index in [1.165, 1.54) is 5.57 Å². The van der Waals surface area contributed by atoms with Crippen molar-refractivity contribution in [1.29, 1.82) is 0 Å². The van der Waals surface area contributed by atoms with E-state index in [9.17, 15) is 4.79 Å². The van der Waals surface area contributed by atoms with Gasteiger partial charge in [-0.15, -0.1) is 0 Å². The number of ketones is 1. The first-order chi connectivity index (χ1) is 8.29. The maximum absolute atomic E-state index is 11.6. The van der Waals surface area contributed by atoms with Crippen molar-refractivity contribution in [3.63, 3.8) is 0 Å². The van der Waals surface area contributed by atoms with E-state index in [-0.39, 0.29) is 5.78 Å². The topological polar surface area (TPSA) is 17.1 Å². The molecule has 1 nitrogen and oxygen atoms in total. The lowest BCUT2D eigenvalue weighted by Gasteiger charge is -1.98. The Bertz CT molecular complexity index is 343. The Kier molecular flexibility index (Phi) is 7.04. The van der Waals surface area contributed by atoms with Crippen LogP contribution in [0.25, 0.3) is 0 Å². The van der Waals surface area contributed by atoms with Crippen LogP contribution in [-0.4, -0.2) is 5.78 Å². The first-order valence-electron chi connectivity index (χ1n) is 6.45. The Morgan fingerprint density at radius 2 is 1.65 bits per heavy atom. The summed E-state index contributed by atoms with van der Waals surface area (Å²) in [4.78, 5) is 11.6. The maximum Gasteiger partial charge on any atom is 0.159 e. The summed E-state index contributed by atoms with van der Waals surface area (Å²) < 4.78 is 0. The molecule has 0 spiro atoms. The monoisotopic (exact) mass is 230 g/mol. The van der Waals surface area contributed by atoms with Crippen LogP contribution in [0.4, 0.5) is 0 Å². The van der Waals surface area contributed by atoms with Crippen molar-refractivity contribution in [3.8, 4) is 0 Å². The average molecular weight is 230 g/mol. The minimum absolute atomic E-state index is 0.222. The van der Waals surface area contributed by atoms with E-state index in [2.05, 4.69) is 30.4 Å². The Morgan fingerprint density at radius 1 is 0.941 bits per heavy atom. The second-order valence-corrected chi connectivity index (χ2v) is 4.46. The largest absolute Gasteiger partial charge is 0.295 e. The number of hydrogen-bond donors (Lipinski definition) is 0. The highest BCUT2D eigenvalue weighted by Gasteiger charge is 1.96. The molecule has 0 aliphatic heterocycles. The van der Waals surface area contributed by atoms with Gasteiger partial charge in [-0.25, -0.2) is 0 Å². The number of carbonyl (C=O) groups is 1. The van der Waals surface area contributed by atoms with E-state index in [1.54, 1.807) is 6.08 Å². The van der Waals surface area contributed by atoms with E-state index in [0.717, 1.165) is 32.1 Å². The third-order valence-corrected chi connectivity index (χ3v) is 2.72. The molecule has 1 rings (SSSR count). The normalized spacial score (nSPS) is 28.3. The highest BCUT2D eigenvalue weighted by atomic mass is 16.1. The molecule has 1 aliphatic carbocycles. The molecule has 0 saturated heterocycles. The van der Waals surface area contributed by atoms with Gasteiger partial charge in [0.05, 0.1) is 0 Å². The molecular formula is C16H22O. The smallest absolute Gasteiger partial charge is 0.159 e. The van der Waals surface area contributed by atoms with E-state index in [0.29, 0.717) is 6.42 Å². The molecule has 0 radical (unpaired) electrons. The van der Waals surface area contributed by atoms with Gasteiger partial charge in [-0.05, 0) is 45.1 Å². The van der Waals surface area contributed by atoms with Gasteiger partial charge in [0.15, 0.2) is 5.78 Å². The fraction of sp³-hybridized carbons (Fsp3) is 0.438. The second-order valence-electron chi connectivity index (χ2n) is 4.46. The Hall–Kier alpha value is -1.37. The van der Waals surface area contributed by atoms with Crippen LogP contribution < -0.4 is 0 Å². The van der Waals surface area contributed by atoms with Crippen LogP contribution in [0.1, 0.15) is 45.4 Å². The molecule has 1 aliphatic rings. The van der Waals surface area contributed by atoms with Crippen molar-refractivity contribution < 1.29 is 4.79 Å². The van der Waals surface area contributed by atoms with Crippen LogP contribution in [0.2, 0.25) is 0 Å². The molecule has 17 heavy (non-hydrogen) atoms. The molecule has 0 unspecified atom stereocenters. The lowest BCUT2D eigenvalue weighted by Crippen LogP contribution is -1.92. The van der Waals surface area contributed by atoms with Crippen molar-refractivity contribution >= 4 is 5.78 Å². The molecule has 0 atom stereocenters. The predicted molar refractivity (Wildman–Crippen MR) is 73.9 cm³/mol. The third-order valence-electron chi connectivity index (χ3n) is 2.72. The first-order valence-corrected chi connectivity index (χ1v) is 6.45. The molecule has 1 heteroatoms. The fourth-order valence-corrected chi connectivity index (χ4v) is 1.76. The predicted octanol–water partition coefficient (Wildman–Crippen LogP) is 4.52. The van der Waals surface area contributed by atoms with Crippen molar-refractivity contribution in [3.05, 3.63) is 48.1 Å². The van der Waals surface area contributed by atoms with Crippen LogP contribution in [0, 0.1) is 0 Å². The van der Waals surface area contributed by atoms with Crippen LogP contribution in [-0.2, 0) is 4.79 Å². The molecule has 0 bridgehead atoms. The molecule has 92 valence electrons.